The Bertz CT molecular complexity index is 983. The second-order valence-electron chi connectivity index (χ2n) is 6.70. The maximum absolute atomic E-state index is 13.3. The van der Waals surface area contributed by atoms with E-state index in [1.54, 1.807) is 19.9 Å². The van der Waals surface area contributed by atoms with Gasteiger partial charge in [0.25, 0.3) is 5.91 Å². The van der Waals surface area contributed by atoms with Gasteiger partial charge < -0.3 is 15.1 Å². The number of ketones is 1. The number of carbonyl (C=O) groups is 2. The largest absolute Gasteiger partial charge is 0.506 e. The third-order valence-corrected chi connectivity index (χ3v) is 6.07. The SMILES string of the molecule is CCCCN1C(=O)C(O)=C(C(=O)c2sc(C)nc2C)C1c1ccc(O)c(Cl)c1. The summed E-state index contributed by atoms with van der Waals surface area (Å²) in [6.07, 6.45) is 1.57. The van der Waals surface area contributed by atoms with Gasteiger partial charge in [-0.3, -0.25) is 9.59 Å². The van der Waals surface area contributed by atoms with Gasteiger partial charge in [-0.2, -0.15) is 0 Å². The highest BCUT2D eigenvalue weighted by molar-refractivity contribution is 7.14. The summed E-state index contributed by atoms with van der Waals surface area (Å²) in [5.74, 6) is -1.63. The van der Waals surface area contributed by atoms with Gasteiger partial charge in [-0.25, -0.2) is 4.98 Å². The molecule has 0 spiro atoms. The molecule has 0 radical (unpaired) electrons. The normalized spacial score (nSPS) is 16.9. The number of rotatable bonds is 6. The number of carbonyl (C=O) groups excluding carboxylic acids is 2. The third kappa shape index (κ3) is 3.52. The van der Waals surface area contributed by atoms with Crippen molar-refractivity contribution in [3.05, 3.63) is 55.7 Å². The Labute approximate surface area is 172 Å². The molecule has 28 heavy (non-hydrogen) atoms. The highest BCUT2D eigenvalue weighted by atomic mass is 35.5. The van der Waals surface area contributed by atoms with Crippen LogP contribution in [0.4, 0.5) is 0 Å². The zero-order valence-corrected chi connectivity index (χ0v) is 17.4. The Balaban J connectivity index is 2.13. The summed E-state index contributed by atoms with van der Waals surface area (Å²) < 4.78 is 0. The van der Waals surface area contributed by atoms with Crippen LogP contribution in [0.3, 0.4) is 0 Å². The van der Waals surface area contributed by atoms with E-state index in [4.69, 9.17) is 11.6 Å². The molecule has 2 heterocycles. The molecule has 1 atom stereocenters. The van der Waals surface area contributed by atoms with Crippen molar-refractivity contribution in [2.24, 2.45) is 0 Å². The molecular formula is C20H21ClN2O4S. The fraction of sp³-hybridized carbons (Fsp3) is 0.350. The maximum atomic E-state index is 13.3. The maximum Gasteiger partial charge on any atom is 0.290 e. The average Bonchev–Trinajstić information content (AvgIpc) is 3.12. The predicted octanol–water partition coefficient (Wildman–Crippen LogP) is 4.50. The second-order valence-corrected chi connectivity index (χ2v) is 8.31. The van der Waals surface area contributed by atoms with Crippen molar-refractivity contribution >= 4 is 34.6 Å². The molecule has 0 fully saturated rings. The molecular weight excluding hydrogens is 400 g/mol. The van der Waals surface area contributed by atoms with Crippen LogP contribution in [0.25, 0.3) is 0 Å². The van der Waals surface area contributed by atoms with Crippen LogP contribution in [0.5, 0.6) is 5.75 Å². The van der Waals surface area contributed by atoms with Crippen LogP contribution in [0.2, 0.25) is 5.02 Å². The van der Waals surface area contributed by atoms with Crippen molar-refractivity contribution in [3.63, 3.8) is 0 Å². The lowest BCUT2D eigenvalue weighted by Gasteiger charge is -2.27. The van der Waals surface area contributed by atoms with Crippen molar-refractivity contribution in [1.82, 2.24) is 9.88 Å². The van der Waals surface area contributed by atoms with Gasteiger partial charge in [0.2, 0.25) is 5.78 Å². The monoisotopic (exact) mass is 420 g/mol. The molecule has 1 aromatic carbocycles. The molecule has 2 N–H and O–H groups in total. The van der Waals surface area contributed by atoms with Crippen molar-refractivity contribution < 1.29 is 19.8 Å². The van der Waals surface area contributed by atoms with Crippen molar-refractivity contribution in [2.45, 2.75) is 39.7 Å². The first-order chi connectivity index (χ1) is 13.3. The Hall–Kier alpha value is -2.38. The van der Waals surface area contributed by atoms with Crippen LogP contribution >= 0.6 is 22.9 Å². The Morgan fingerprint density at radius 1 is 1.32 bits per heavy atom. The van der Waals surface area contributed by atoms with Crippen LogP contribution in [0.1, 0.15) is 51.7 Å². The number of aryl methyl sites for hydroxylation is 2. The number of halogens is 1. The molecule has 1 unspecified atom stereocenters. The Morgan fingerprint density at radius 3 is 2.61 bits per heavy atom. The van der Waals surface area contributed by atoms with Gasteiger partial charge in [-0.05, 0) is 38.0 Å². The molecule has 0 bridgehead atoms. The van der Waals surface area contributed by atoms with Crippen LogP contribution in [-0.4, -0.2) is 38.3 Å². The number of nitrogens with zero attached hydrogens (tertiary/aromatic N) is 2. The number of phenols is 1. The van der Waals surface area contributed by atoms with Gasteiger partial charge in [0.05, 0.1) is 32.2 Å². The van der Waals surface area contributed by atoms with Crippen LogP contribution in [0.15, 0.2) is 29.5 Å². The summed E-state index contributed by atoms with van der Waals surface area (Å²) in [6, 6.07) is 3.77. The number of aromatic nitrogens is 1. The van der Waals surface area contributed by atoms with E-state index in [0.29, 0.717) is 22.7 Å². The first-order valence-corrected chi connectivity index (χ1v) is 10.2. The summed E-state index contributed by atoms with van der Waals surface area (Å²) in [6.45, 7) is 5.91. The fourth-order valence-electron chi connectivity index (χ4n) is 3.35. The highest BCUT2D eigenvalue weighted by Crippen LogP contribution is 2.41. The van der Waals surface area contributed by atoms with E-state index in [0.717, 1.165) is 17.8 Å². The van der Waals surface area contributed by atoms with Gasteiger partial charge in [-0.15, -0.1) is 11.3 Å². The lowest BCUT2D eigenvalue weighted by atomic mass is 9.95. The topological polar surface area (TPSA) is 90.7 Å². The number of aliphatic hydroxyl groups is 1. The minimum Gasteiger partial charge on any atom is -0.506 e. The molecule has 1 aromatic heterocycles. The molecule has 8 heteroatoms. The second kappa shape index (κ2) is 7.93. The minimum atomic E-state index is -0.772. The molecule has 0 aliphatic carbocycles. The number of unbranched alkanes of at least 4 members (excludes halogenated alkanes) is 1. The standard InChI is InChI=1S/C20H21ClN2O4S/c1-4-5-8-23-16(12-6-7-14(24)13(21)9-12)15(18(26)20(23)27)17(25)19-10(2)22-11(3)28-19/h6-7,9,16,24,26H,4-5,8H2,1-3H3. The van der Waals surface area contributed by atoms with E-state index in [9.17, 15) is 19.8 Å². The molecule has 3 rings (SSSR count). The number of amides is 1. The quantitative estimate of drug-likeness (QED) is 0.671. The average molecular weight is 421 g/mol. The third-order valence-electron chi connectivity index (χ3n) is 4.70. The Morgan fingerprint density at radius 2 is 2.04 bits per heavy atom. The zero-order chi connectivity index (χ0) is 20.6. The number of thiazole rings is 1. The van der Waals surface area contributed by atoms with Crippen molar-refractivity contribution in [1.29, 1.82) is 0 Å². The van der Waals surface area contributed by atoms with E-state index < -0.39 is 23.5 Å². The zero-order valence-electron chi connectivity index (χ0n) is 15.8. The number of phenolic OH excluding ortho intramolecular Hbond substituents is 1. The molecule has 6 nitrogen and oxygen atoms in total. The van der Waals surface area contributed by atoms with E-state index in [1.807, 2.05) is 6.92 Å². The Kier molecular flexibility index (Phi) is 5.76. The number of benzene rings is 1. The van der Waals surface area contributed by atoms with Gasteiger partial charge in [-0.1, -0.05) is 31.0 Å². The molecule has 1 amide bonds. The number of aliphatic hydroxyl groups excluding tert-OH is 1. The predicted molar refractivity (Wildman–Crippen MR) is 108 cm³/mol. The first-order valence-electron chi connectivity index (χ1n) is 8.97. The van der Waals surface area contributed by atoms with Crippen LogP contribution < -0.4 is 0 Å². The van der Waals surface area contributed by atoms with E-state index in [1.165, 1.54) is 28.4 Å². The van der Waals surface area contributed by atoms with Gasteiger partial charge >= 0.3 is 0 Å². The minimum absolute atomic E-state index is 0.0228. The summed E-state index contributed by atoms with van der Waals surface area (Å²) in [4.78, 5) is 32.2. The smallest absolute Gasteiger partial charge is 0.290 e. The molecule has 1 aliphatic rings. The van der Waals surface area contributed by atoms with Crippen molar-refractivity contribution in [3.8, 4) is 5.75 Å². The number of aromatic hydroxyl groups is 1. The summed E-state index contributed by atoms with van der Waals surface area (Å²) >= 11 is 7.30. The van der Waals surface area contributed by atoms with E-state index >= 15 is 0 Å². The van der Waals surface area contributed by atoms with E-state index in [2.05, 4.69) is 4.98 Å². The summed E-state index contributed by atoms with van der Waals surface area (Å²) in [5.41, 5.74) is 1.14. The van der Waals surface area contributed by atoms with Gasteiger partial charge in [0.15, 0.2) is 5.76 Å². The van der Waals surface area contributed by atoms with Crippen LogP contribution in [-0.2, 0) is 4.79 Å². The molecule has 2 aromatic rings. The van der Waals surface area contributed by atoms with E-state index in [-0.39, 0.29) is 16.3 Å². The molecule has 0 saturated carbocycles. The highest BCUT2D eigenvalue weighted by Gasteiger charge is 2.44. The molecule has 1 aliphatic heterocycles. The van der Waals surface area contributed by atoms with Crippen molar-refractivity contribution in [2.75, 3.05) is 6.54 Å². The summed E-state index contributed by atoms with van der Waals surface area (Å²) in [5, 5.41) is 21.2. The first kappa shape index (κ1) is 20.4. The van der Waals surface area contributed by atoms with Gasteiger partial charge in [0.1, 0.15) is 5.75 Å². The molecule has 0 saturated heterocycles. The lowest BCUT2D eigenvalue weighted by Crippen LogP contribution is -2.32. The number of hydrogen-bond acceptors (Lipinski definition) is 6. The number of hydrogen-bond donors (Lipinski definition) is 2. The molecule has 148 valence electrons. The lowest BCUT2D eigenvalue weighted by molar-refractivity contribution is -0.129. The summed E-state index contributed by atoms with van der Waals surface area (Å²) in [7, 11) is 0. The number of Topliss-reactive ketones (excluding diaryl/α,β-unsaturated/α-hetero) is 1. The van der Waals surface area contributed by atoms with Gasteiger partial charge in [0, 0.05) is 6.54 Å². The fourth-order valence-corrected chi connectivity index (χ4v) is 4.41. The van der Waals surface area contributed by atoms with Crippen LogP contribution in [0, 0.1) is 13.8 Å².